The minimum atomic E-state index is -2.18. The van der Waals surface area contributed by atoms with Crippen molar-refractivity contribution in [2.75, 3.05) is 0 Å². The average Bonchev–Trinajstić information content (AvgIpc) is 3.22. The minimum Gasteiger partial charge on any atom is -0.303 e. The number of imidazole rings is 1. The van der Waals surface area contributed by atoms with Crippen LogP contribution in [0.3, 0.4) is 0 Å². The number of aromatic nitrogens is 3. The third-order valence-electron chi connectivity index (χ3n) is 5.28. The van der Waals surface area contributed by atoms with Crippen LogP contribution in [0.1, 0.15) is 26.6 Å². The first-order chi connectivity index (χ1) is 13.4. The summed E-state index contributed by atoms with van der Waals surface area (Å²) < 4.78 is 28.7. The van der Waals surface area contributed by atoms with E-state index < -0.39 is 6.85 Å². The highest BCUT2D eigenvalue weighted by Crippen LogP contribution is 2.37. The quantitative estimate of drug-likeness (QED) is 0.425. The summed E-state index contributed by atoms with van der Waals surface area (Å²) in [4.78, 5) is 4.41. The van der Waals surface area contributed by atoms with Crippen molar-refractivity contribution in [3.8, 4) is 16.9 Å². The molecule has 0 atom stereocenters. The van der Waals surface area contributed by atoms with Crippen molar-refractivity contribution in [1.82, 2.24) is 9.55 Å². The molecule has 0 unspecified atom stereocenters. The van der Waals surface area contributed by atoms with E-state index in [0.717, 1.165) is 44.7 Å². The maximum absolute atomic E-state index is 8.22. The molecule has 25 heavy (non-hydrogen) atoms. The van der Waals surface area contributed by atoms with E-state index in [0.29, 0.717) is 12.0 Å². The monoisotopic (exact) mass is 329 g/mol. The van der Waals surface area contributed by atoms with Gasteiger partial charge in [0.25, 0.3) is 0 Å². The number of pyridine rings is 1. The van der Waals surface area contributed by atoms with Gasteiger partial charge >= 0.3 is 0 Å². The Balaban J connectivity index is 1.91. The molecule has 0 amide bonds. The second-order valence-corrected chi connectivity index (χ2v) is 6.67. The average molecular weight is 329 g/mol. The fourth-order valence-electron chi connectivity index (χ4n) is 3.95. The minimum absolute atomic E-state index is 0.457. The molecular weight excluding hydrogens is 306 g/mol. The van der Waals surface area contributed by atoms with Gasteiger partial charge in [-0.25, -0.2) is 9.55 Å². The standard InChI is InChI=1S/C22H20N3/c1-14-15(2)19(12-20-18(14)13-21-23-9-11-25(20)21)22-17-7-5-4-6-16(17)8-10-24(22)3/h4-12H,13H2,1-3H3/q+1/i1D3. The van der Waals surface area contributed by atoms with E-state index in [-0.39, 0.29) is 0 Å². The Morgan fingerprint density at radius 2 is 2.08 bits per heavy atom. The van der Waals surface area contributed by atoms with Crippen LogP contribution in [0.5, 0.6) is 0 Å². The second kappa shape index (κ2) is 5.03. The summed E-state index contributed by atoms with van der Waals surface area (Å²) in [5.74, 6) is 0.888. The van der Waals surface area contributed by atoms with Gasteiger partial charge in [-0.05, 0) is 48.0 Å². The van der Waals surface area contributed by atoms with E-state index in [1.807, 2.05) is 43.1 Å². The molecule has 0 bridgehead atoms. The Kier molecular flexibility index (Phi) is 2.33. The smallest absolute Gasteiger partial charge is 0.220 e. The number of fused-ring (bicyclic) bond motifs is 4. The Bertz CT molecular complexity index is 1250. The first-order valence-corrected chi connectivity index (χ1v) is 8.43. The molecule has 3 heterocycles. The van der Waals surface area contributed by atoms with E-state index in [4.69, 9.17) is 4.11 Å². The Morgan fingerprint density at radius 3 is 2.96 bits per heavy atom. The highest BCUT2D eigenvalue weighted by molar-refractivity contribution is 5.94. The van der Waals surface area contributed by atoms with Gasteiger partial charge in [0.05, 0.1) is 16.6 Å². The summed E-state index contributed by atoms with van der Waals surface area (Å²) in [6.45, 7) is -0.252. The van der Waals surface area contributed by atoms with Crippen molar-refractivity contribution in [2.24, 2.45) is 7.05 Å². The molecule has 4 aromatic rings. The molecule has 0 radical (unpaired) electrons. The fourth-order valence-corrected chi connectivity index (χ4v) is 3.95. The Hall–Kier alpha value is -2.94. The zero-order valence-electron chi connectivity index (χ0n) is 17.2. The molecule has 3 heteroatoms. The molecule has 0 N–H and O–H groups in total. The van der Waals surface area contributed by atoms with Gasteiger partial charge in [-0.3, -0.25) is 0 Å². The van der Waals surface area contributed by atoms with E-state index in [1.165, 1.54) is 0 Å². The van der Waals surface area contributed by atoms with Crippen LogP contribution in [0.25, 0.3) is 27.7 Å². The molecule has 5 rings (SSSR count). The van der Waals surface area contributed by atoms with Crippen LogP contribution in [0.15, 0.2) is 55.0 Å². The molecule has 2 aromatic heterocycles. The van der Waals surface area contributed by atoms with Crippen LogP contribution >= 0.6 is 0 Å². The summed E-state index contributed by atoms with van der Waals surface area (Å²) in [6, 6.07) is 12.4. The number of hydrogen-bond acceptors (Lipinski definition) is 1. The van der Waals surface area contributed by atoms with Crippen molar-refractivity contribution < 1.29 is 8.68 Å². The number of aryl methyl sites for hydroxylation is 1. The summed E-state index contributed by atoms with van der Waals surface area (Å²) in [7, 11) is 2.01. The third-order valence-corrected chi connectivity index (χ3v) is 5.28. The van der Waals surface area contributed by atoms with Crippen LogP contribution in [0, 0.1) is 13.8 Å². The van der Waals surface area contributed by atoms with Crippen LogP contribution in [0.2, 0.25) is 0 Å². The first kappa shape index (κ1) is 11.6. The van der Waals surface area contributed by atoms with Gasteiger partial charge in [0.15, 0.2) is 6.20 Å². The van der Waals surface area contributed by atoms with Crippen LogP contribution in [0.4, 0.5) is 0 Å². The molecule has 3 nitrogen and oxygen atoms in total. The first-order valence-electron chi connectivity index (χ1n) is 9.93. The van der Waals surface area contributed by atoms with Gasteiger partial charge in [0.1, 0.15) is 12.9 Å². The van der Waals surface area contributed by atoms with Gasteiger partial charge in [0.2, 0.25) is 5.69 Å². The molecular formula is C22H20N3+. The van der Waals surface area contributed by atoms with Gasteiger partial charge < -0.3 is 4.57 Å². The second-order valence-electron chi connectivity index (χ2n) is 6.67. The predicted octanol–water partition coefficient (Wildman–Crippen LogP) is 4.04. The molecule has 2 aromatic carbocycles. The summed E-state index contributed by atoms with van der Waals surface area (Å²) in [6.07, 6.45) is 6.26. The molecule has 0 saturated heterocycles. The number of nitrogens with zero attached hydrogens (tertiary/aromatic N) is 3. The predicted molar refractivity (Wildman–Crippen MR) is 100.0 cm³/mol. The zero-order valence-corrected chi connectivity index (χ0v) is 14.2. The van der Waals surface area contributed by atoms with Gasteiger partial charge in [-0.15, -0.1) is 0 Å². The van der Waals surface area contributed by atoms with Crippen LogP contribution < -0.4 is 4.57 Å². The lowest BCUT2D eigenvalue weighted by molar-refractivity contribution is -0.659. The highest BCUT2D eigenvalue weighted by Gasteiger charge is 2.26. The lowest BCUT2D eigenvalue weighted by atomic mass is 9.92. The SMILES string of the molecule is [2H]C([2H])([2H])c1c(C)c(-c2c3ccccc3cc[n+]2C)cc2c1Cc1nccn1-2. The van der Waals surface area contributed by atoms with Gasteiger partial charge in [0, 0.05) is 29.0 Å². The van der Waals surface area contributed by atoms with Crippen molar-refractivity contribution in [3.05, 3.63) is 77.5 Å². The van der Waals surface area contributed by atoms with Gasteiger partial charge in [-0.1, -0.05) is 18.2 Å². The molecule has 0 aliphatic carbocycles. The van der Waals surface area contributed by atoms with E-state index >= 15 is 0 Å². The van der Waals surface area contributed by atoms with Crippen LogP contribution in [-0.4, -0.2) is 9.55 Å². The Labute approximate surface area is 151 Å². The number of hydrogen-bond donors (Lipinski definition) is 0. The Morgan fingerprint density at radius 1 is 1.20 bits per heavy atom. The molecule has 0 spiro atoms. The largest absolute Gasteiger partial charge is 0.303 e. The van der Waals surface area contributed by atoms with Crippen molar-refractivity contribution in [1.29, 1.82) is 0 Å². The third kappa shape index (κ3) is 1.92. The maximum atomic E-state index is 8.22. The van der Waals surface area contributed by atoms with Crippen molar-refractivity contribution >= 4 is 10.8 Å². The van der Waals surface area contributed by atoms with E-state index in [1.54, 1.807) is 6.20 Å². The summed E-state index contributed by atoms with van der Waals surface area (Å²) in [5.41, 5.74) is 5.04. The van der Waals surface area contributed by atoms with Gasteiger partial charge in [-0.2, -0.15) is 0 Å². The van der Waals surface area contributed by atoms with Crippen LogP contribution in [-0.2, 0) is 13.5 Å². The summed E-state index contributed by atoms with van der Waals surface area (Å²) >= 11 is 0. The highest BCUT2D eigenvalue weighted by atomic mass is 15.1. The normalized spacial score (nSPS) is 14.7. The van der Waals surface area contributed by atoms with E-state index in [2.05, 4.69) is 33.8 Å². The fraction of sp³-hybridized carbons (Fsp3) is 0.182. The molecule has 1 aliphatic rings. The van der Waals surface area contributed by atoms with E-state index in [9.17, 15) is 0 Å². The van der Waals surface area contributed by atoms with Crippen molar-refractivity contribution in [2.45, 2.75) is 20.2 Å². The lowest BCUT2D eigenvalue weighted by Crippen LogP contribution is -2.30. The molecule has 0 fully saturated rings. The number of rotatable bonds is 1. The molecule has 1 aliphatic heterocycles. The zero-order chi connectivity index (χ0) is 19.6. The molecule has 122 valence electrons. The lowest BCUT2D eigenvalue weighted by Gasteiger charge is -2.14. The van der Waals surface area contributed by atoms with Crippen molar-refractivity contribution in [3.63, 3.8) is 0 Å². The topological polar surface area (TPSA) is 21.7 Å². The summed E-state index contributed by atoms with van der Waals surface area (Å²) in [5, 5.41) is 2.24. The molecule has 0 saturated carbocycles. The number of benzene rings is 2. The maximum Gasteiger partial charge on any atom is 0.220 e.